The Hall–Kier alpha value is -2.33. The highest BCUT2D eigenvalue weighted by Crippen LogP contribution is 2.29. The third-order valence-electron chi connectivity index (χ3n) is 3.14. The molecule has 2 N–H and O–H groups in total. The molecule has 0 saturated heterocycles. The van der Waals surface area contributed by atoms with E-state index in [9.17, 15) is 18.0 Å². The number of rotatable bonds is 10. The van der Waals surface area contributed by atoms with Gasteiger partial charge in [-0.25, -0.2) is 8.42 Å². The molecule has 9 nitrogen and oxygen atoms in total. The van der Waals surface area contributed by atoms with Crippen molar-refractivity contribution < 1.29 is 32.2 Å². The highest BCUT2D eigenvalue weighted by atomic mass is 32.2. The van der Waals surface area contributed by atoms with Crippen LogP contribution in [0.4, 0.5) is 0 Å². The summed E-state index contributed by atoms with van der Waals surface area (Å²) >= 11 is 0. The van der Waals surface area contributed by atoms with Gasteiger partial charge in [0.15, 0.2) is 18.1 Å². The highest BCUT2D eigenvalue weighted by Gasteiger charge is 2.19. The molecule has 0 aromatic heterocycles. The van der Waals surface area contributed by atoms with Crippen LogP contribution < -0.4 is 19.5 Å². The summed E-state index contributed by atoms with van der Waals surface area (Å²) < 4.78 is 41.4. The number of ether oxygens (including phenoxy) is 3. The summed E-state index contributed by atoms with van der Waals surface area (Å²) in [6, 6.07) is 4.02. The summed E-state index contributed by atoms with van der Waals surface area (Å²) in [5.41, 5.74) is 0. The van der Waals surface area contributed by atoms with Crippen LogP contribution in [-0.2, 0) is 24.3 Å². The Morgan fingerprint density at radius 3 is 2.35 bits per heavy atom. The van der Waals surface area contributed by atoms with Crippen molar-refractivity contribution in [1.82, 2.24) is 10.0 Å². The number of sulfonamides is 1. The second kappa shape index (κ2) is 9.97. The smallest absolute Gasteiger partial charge is 0.321 e. The lowest BCUT2D eigenvalue weighted by molar-refractivity contribution is -0.147. The summed E-state index contributed by atoms with van der Waals surface area (Å²) in [4.78, 5) is 23.0. The first-order valence-corrected chi connectivity index (χ1v) is 9.32. The Morgan fingerprint density at radius 2 is 1.77 bits per heavy atom. The standard InChI is InChI=1S/C16H24N2O7S/c1-11(2)8-17-15(19)10-25-16(20)9-18-26(21,22)12-5-6-13(23-3)14(7-12)24-4/h5-7,11,18H,8-10H2,1-4H3,(H,17,19). The monoisotopic (exact) mass is 388 g/mol. The molecule has 0 aliphatic rings. The van der Waals surface area contributed by atoms with Crippen LogP contribution in [0.25, 0.3) is 0 Å². The normalized spacial score (nSPS) is 11.1. The van der Waals surface area contributed by atoms with Crippen LogP contribution in [0, 0.1) is 5.92 Å². The molecule has 0 atom stereocenters. The molecule has 1 aromatic carbocycles. The number of methoxy groups -OCH3 is 2. The van der Waals surface area contributed by atoms with E-state index in [1.165, 1.54) is 32.4 Å². The fourth-order valence-corrected chi connectivity index (χ4v) is 2.77. The number of hydrogen-bond donors (Lipinski definition) is 2. The van der Waals surface area contributed by atoms with Gasteiger partial charge in [-0.1, -0.05) is 13.8 Å². The Balaban J connectivity index is 2.57. The number of benzene rings is 1. The molecule has 0 saturated carbocycles. The van der Waals surface area contributed by atoms with E-state index >= 15 is 0 Å². The first kappa shape index (κ1) is 21.7. The first-order chi connectivity index (χ1) is 12.2. The lowest BCUT2D eigenvalue weighted by atomic mass is 10.2. The second-order valence-electron chi connectivity index (χ2n) is 5.70. The second-order valence-corrected chi connectivity index (χ2v) is 7.47. The van der Waals surface area contributed by atoms with Crippen molar-refractivity contribution in [1.29, 1.82) is 0 Å². The maximum atomic E-state index is 12.2. The van der Waals surface area contributed by atoms with Gasteiger partial charge < -0.3 is 19.5 Å². The minimum atomic E-state index is -3.96. The van der Waals surface area contributed by atoms with Crippen LogP contribution in [0.5, 0.6) is 11.5 Å². The van der Waals surface area contributed by atoms with Crippen molar-refractivity contribution in [3.05, 3.63) is 18.2 Å². The average Bonchev–Trinajstić information content (AvgIpc) is 2.62. The summed E-state index contributed by atoms with van der Waals surface area (Å²) in [6.45, 7) is 3.24. The molecule has 0 radical (unpaired) electrons. The molecule has 0 spiro atoms. The number of nitrogens with one attached hydrogen (secondary N) is 2. The summed E-state index contributed by atoms with van der Waals surface area (Å²) in [7, 11) is -1.15. The summed E-state index contributed by atoms with van der Waals surface area (Å²) in [5.74, 6) is -0.440. The highest BCUT2D eigenvalue weighted by molar-refractivity contribution is 7.89. The summed E-state index contributed by atoms with van der Waals surface area (Å²) in [6.07, 6.45) is 0. The van der Waals surface area contributed by atoms with E-state index in [1.54, 1.807) is 0 Å². The Morgan fingerprint density at radius 1 is 1.12 bits per heavy atom. The minimum absolute atomic E-state index is 0.0994. The van der Waals surface area contributed by atoms with Crippen LogP contribution in [-0.4, -0.2) is 54.2 Å². The van der Waals surface area contributed by atoms with E-state index in [0.29, 0.717) is 12.3 Å². The fraction of sp³-hybridized carbons (Fsp3) is 0.500. The predicted octanol–water partition coefficient (Wildman–Crippen LogP) is 0.298. The Kier molecular flexibility index (Phi) is 8.33. The van der Waals surface area contributed by atoms with Gasteiger partial charge >= 0.3 is 5.97 Å². The van der Waals surface area contributed by atoms with Crippen molar-refractivity contribution in [2.75, 3.05) is 33.9 Å². The molecule has 0 heterocycles. The van der Waals surface area contributed by atoms with E-state index in [0.717, 1.165) is 0 Å². The van der Waals surface area contributed by atoms with Gasteiger partial charge in [-0.2, -0.15) is 4.72 Å². The molecule has 0 aliphatic heterocycles. The zero-order valence-electron chi connectivity index (χ0n) is 15.2. The van der Waals surface area contributed by atoms with Crippen LogP contribution in [0.2, 0.25) is 0 Å². The SMILES string of the molecule is COc1ccc(S(=O)(=O)NCC(=O)OCC(=O)NCC(C)C)cc1OC. The molecule has 0 unspecified atom stereocenters. The molecular weight excluding hydrogens is 364 g/mol. The van der Waals surface area contributed by atoms with Gasteiger partial charge in [0.05, 0.1) is 19.1 Å². The van der Waals surface area contributed by atoms with Crippen molar-refractivity contribution in [2.24, 2.45) is 5.92 Å². The van der Waals surface area contributed by atoms with Gasteiger partial charge in [0, 0.05) is 12.6 Å². The van der Waals surface area contributed by atoms with E-state index < -0.39 is 35.1 Å². The molecule has 1 amide bonds. The number of hydrogen-bond acceptors (Lipinski definition) is 7. The number of esters is 1. The van der Waals surface area contributed by atoms with Gasteiger partial charge in [0.25, 0.3) is 5.91 Å². The van der Waals surface area contributed by atoms with Gasteiger partial charge in [-0.15, -0.1) is 0 Å². The zero-order valence-corrected chi connectivity index (χ0v) is 16.0. The predicted molar refractivity (Wildman–Crippen MR) is 93.5 cm³/mol. The maximum absolute atomic E-state index is 12.2. The molecule has 0 fully saturated rings. The van der Waals surface area contributed by atoms with E-state index in [4.69, 9.17) is 14.2 Å². The van der Waals surface area contributed by atoms with Gasteiger partial charge in [0.2, 0.25) is 10.0 Å². The van der Waals surface area contributed by atoms with E-state index in [1.807, 2.05) is 13.8 Å². The first-order valence-electron chi connectivity index (χ1n) is 7.83. The third kappa shape index (κ3) is 6.89. The lowest BCUT2D eigenvalue weighted by Crippen LogP contribution is -2.35. The van der Waals surface area contributed by atoms with Crippen molar-refractivity contribution >= 4 is 21.9 Å². The molecule has 1 rings (SSSR count). The van der Waals surface area contributed by atoms with Gasteiger partial charge in [0.1, 0.15) is 6.54 Å². The average molecular weight is 388 g/mol. The van der Waals surface area contributed by atoms with Crippen molar-refractivity contribution in [3.8, 4) is 11.5 Å². The zero-order chi connectivity index (χ0) is 19.7. The number of carbonyl (C=O) groups is 2. The molecular formula is C16H24N2O7S. The topological polar surface area (TPSA) is 120 Å². The lowest BCUT2D eigenvalue weighted by Gasteiger charge is -2.11. The maximum Gasteiger partial charge on any atom is 0.321 e. The Bertz CT molecular complexity index is 732. The molecule has 0 bridgehead atoms. The minimum Gasteiger partial charge on any atom is -0.493 e. The van der Waals surface area contributed by atoms with Crippen LogP contribution in [0.1, 0.15) is 13.8 Å². The van der Waals surface area contributed by atoms with Gasteiger partial charge in [-0.05, 0) is 18.1 Å². The summed E-state index contributed by atoms with van der Waals surface area (Å²) in [5, 5.41) is 2.58. The van der Waals surface area contributed by atoms with Crippen LogP contribution in [0.3, 0.4) is 0 Å². The molecule has 10 heteroatoms. The fourth-order valence-electron chi connectivity index (χ4n) is 1.79. The third-order valence-corrected chi connectivity index (χ3v) is 4.54. The molecule has 0 aliphatic carbocycles. The molecule has 26 heavy (non-hydrogen) atoms. The van der Waals surface area contributed by atoms with E-state index in [2.05, 4.69) is 10.0 Å². The van der Waals surface area contributed by atoms with E-state index in [-0.39, 0.29) is 16.6 Å². The largest absolute Gasteiger partial charge is 0.493 e. The molecule has 1 aromatic rings. The van der Waals surface area contributed by atoms with Gasteiger partial charge in [-0.3, -0.25) is 9.59 Å². The van der Waals surface area contributed by atoms with Crippen molar-refractivity contribution in [3.63, 3.8) is 0 Å². The molecule has 146 valence electrons. The number of amides is 1. The quantitative estimate of drug-likeness (QED) is 0.553. The van der Waals surface area contributed by atoms with Crippen molar-refractivity contribution in [2.45, 2.75) is 18.7 Å². The van der Waals surface area contributed by atoms with Crippen LogP contribution >= 0.6 is 0 Å². The number of carbonyl (C=O) groups excluding carboxylic acids is 2. The Labute approximate surface area is 153 Å². The van der Waals surface area contributed by atoms with Crippen LogP contribution in [0.15, 0.2) is 23.1 Å².